The summed E-state index contributed by atoms with van der Waals surface area (Å²) in [6, 6.07) is 27.3. The number of halogens is 1. The van der Waals surface area contributed by atoms with Crippen LogP contribution < -0.4 is 10.1 Å². The molecular formula is C34H25ClN2O4. The summed E-state index contributed by atoms with van der Waals surface area (Å²) >= 11 is 6.15. The van der Waals surface area contributed by atoms with Gasteiger partial charge in [-0.1, -0.05) is 54.1 Å². The number of ketones is 2. The second kappa shape index (κ2) is 9.46. The van der Waals surface area contributed by atoms with Gasteiger partial charge in [0.15, 0.2) is 11.6 Å². The number of ether oxygens (including phenoxy) is 1. The van der Waals surface area contributed by atoms with Crippen molar-refractivity contribution in [3.05, 3.63) is 136 Å². The number of benzene rings is 4. The van der Waals surface area contributed by atoms with Gasteiger partial charge in [0.2, 0.25) is 5.91 Å². The predicted molar refractivity (Wildman–Crippen MR) is 157 cm³/mol. The summed E-state index contributed by atoms with van der Waals surface area (Å²) in [4.78, 5) is 45.7. The van der Waals surface area contributed by atoms with E-state index >= 15 is 0 Å². The zero-order chi connectivity index (χ0) is 28.3. The molecule has 6 nitrogen and oxygen atoms in total. The molecule has 1 amide bonds. The summed E-state index contributed by atoms with van der Waals surface area (Å²) in [6.07, 6.45) is 3.81. The smallest absolute Gasteiger partial charge is 0.238 e. The fraction of sp³-hybridized carbons (Fsp3) is 0.147. The number of rotatable bonds is 5. The zero-order valence-electron chi connectivity index (χ0n) is 22.1. The molecule has 0 bridgehead atoms. The summed E-state index contributed by atoms with van der Waals surface area (Å²) in [6.45, 7) is 0. The molecule has 0 aromatic heterocycles. The van der Waals surface area contributed by atoms with Crippen molar-refractivity contribution in [2.75, 3.05) is 12.4 Å². The van der Waals surface area contributed by atoms with Gasteiger partial charge in [-0.2, -0.15) is 0 Å². The Morgan fingerprint density at radius 1 is 0.854 bits per heavy atom. The van der Waals surface area contributed by atoms with Gasteiger partial charge in [-0.15, -0.1) is 0 Å². The quantitative estimate of drug-likeness (QED) is 0.289. The molecule has 3 heterocycles. The van der Waals surface area contributed by atoms with Crippen molar-refractivity contribution in [1.82, 2.24) is 4.90 Å². The first kappa shape index (κ1) is 25.3. The number of fused-ring (bicyclic) bond motifs is 6. The summed E-state index contributed by atoms with van der Waals surface area (Å²) < 4.78 is 5.32. The highest BCUT2D eigenvalue weighted by atomic mass is 35.5. The lowest BCUT2D eigenvalue weighted by Crippen LogP contribution is -2.49. The maximum absolute atomic E-state index is 14.8. The van der Waals surface area contributed by atoms with Gasteiger partial charge in [-0.3, -0.25) is 14.4 Å². The van der Waals surface area contributed by atoms with Crippen LogP contribution in [0.4, 0.5) is 5.69 Å². The van der Waals surface area contributed by atoms with Crippen molar-refractivity contribution in [3.63, 3.8) is 0 Å². The summed E-state index contributed by atoms with van der Waals surface area (Å²) in [5.74, 6) is -1.26. The number of methoxy groups -OCH3 is 1. The lowest BCUT2D eigenvalue weighted by atomic mass is 9.62. The minimum absolute atomic E-state index is 0.253. The third-order valence-corrected chi connectivity index (χ3v) is 8.88. The molecule has 1 N–H and O–H groups in total. The van der Waals surface area contributed by atoms with Gasteiger partial charge < -0.3 is 15.0 Å². The van der Waals surface area contributed by atoms with Gasteiger partial charge in [0.05, 0.1) is 19.1 Å². The monoisotopic (exact) mass is 560 g/mol. The molecule has 7 heteroatoms. The van der Waals surface area contributed by atoms with Crippen molar-refractivity contribution >= 4 is 40.8 Å². The van der Waals surface area contributed by atoms with E-state index in [2.05, 4.69) is 5.32 Å². The highest BCUT2D eigenvalue weighted by Crippen LogP contribution is 2.62. The number of Topliss-reactive ketones (excluding diaryl/α,β-unsaturated/α-hetero) is 2. The largest absolute Gasteiger partial charge is 0.497 e. The lowest BCUT2D eigenvalue weighted by Gasteiger charge is -2.38. The number of hydrogen-bond donors (Lipinski definition) is 1. The van der Waals surface area contributed by atoms with Crippen molar-refractivity contribution in [2.45, 2.75) is 17.5 Å². The molecular weight excluding hydrogens is 536 g/mol. The van der Waals surface area contributed by atoms with E-state index in [1.807, 2.05) is 65.7 Å². The van der Waals surface area contributed by atoms with Crippen LogP contribution in [0.3, 0.4) is 0 Å². The standard InChI is InChI=1S/C34H25ClN2O4/c1-41-24-16-12-21(13-17-24)30(38)28-29(31(39)22-10-14-23(35)15-11-22)37-19-18-20-6-2-3-7-25(20)32(37)34(28)26-8-4-5-9-27(26)36-33(34)40/h2-19,28-29,32H,1H3,(H,36,40)/t28-,29+,32+,34+/m0/s1. The first-order valence-electron chi connectivity index (χ1n) is 13.4. The van der Waals surface area contributed by atoms with E-state index in [-0.39, 0.29) is 17.5 Å². The minimum atomic E-state index is -1.37. The number of carbonyl (C=O) groups excluding carboxylic acids is 3. The number of carbonyl (C=O) groups is 3. The van der Waals surface area contributed by atoms with Gasteiger partial charge in [0, 0.05) is 28.0 Å². The Hall–Kier alpha value is -4.68. The first-order valence-corrected chi connectivity index (χ1v) is 13.8. The van der Waals surface area contributed by atoms with E-state index in [0.29, 0.717) is 33.1 Å². The van der Waals surface area contributed by atoms with Crippen molar-refractivity contribution in [1.29, 1.82) is 0 Å². The molecule has 7 rings (SSSR count). The molecule has 1 saturated heterocycles. The number of amides is 1. The van der Waals surface area contributed by atoms with Gasteiger partial charge in [0.25, 0.3) is 0 Å². The molecule has 4 aromatic rings. The Morgan fingerprint density at radius 2 is 1.51 bits per heavy atom. The van der Waals surface area contributed by atoms with Crippen LogP contribution in [0.25, 0.3) is 6.08 Å². The van der Waals surface area contributed by atoms with Gasteiger partial charge in [-0.05, 0) is 77.4 Å². The van der Waals surface area contributed by atoms with Gasteiger partial charge >= 0.3 is 0 Å². The van der Waals surface area contributed by atoms with Crippen LogP contribution in [0.2, 0.25) is 5.02 Å². The van der Waals surface area contributed by atoms with E-state index < -0.39 is 23.4 Å². The fourth-order valence-electron chi connectivity index (χ4n) is 6.89. The Bertz CT molecular complexity index is 1750. The fourth-order valence-corrected chi connectivity index (χ4v) is 7.01. The normalized spacial score (nSPS) is 23.5. The highest BCUT2D eigenvalue weighted by molar-refractivity contribution is 6.30. The summed E-state index contributed by atoms with van der Waals surface area (Å²) in [5, 5.41) is 3.57. The summed E-state index contributed by atoms with van der Waals surface area (Å²) in [7, 11) is 1.56. The SMILES string of the molecule is COc1ccc(C(=O)[C@@H]2[C@H](C(=O)c3ccc(Cl)cc3)N3C=Cc4ccccc4[C@@H]3[C@]23C(=O)Nc2ccccc23)cc1. The van der Waals surface area contributed by atoms with Crippen LogP contribution in [-0.2, 0) is 10.2 Å². The first-order chi connectivity index (χ1) is 19.9. The Morgan fingerprint density at radius 3 is 2.27 bits per heavy atom. The molecule has 0 unspecified atom stereocenters. The molecule has 0 radical (unpaired) electrons. The minimum Gasteiger partial charge on any atom is -0.497 e. The van der Waals surface area contributed by atoms with E-state index in [1.54, 1.807) is 55.6 Å². The van der Waals surface area contributed by atoms with E-state index in [1.165, 1.54) is 0 Å². The molecule has 4 atom stereocenters. The maximum atomic E-state index is 14.8. The lowest BCUT2D eigenvalue weighted by molar-refractivity contribution is -0.122. The molecule has 202 valence electrons. The average molecular weight is 561 g/mol. The number of nitrogens with one attached hydrogen (secondary N) is 1. The average Bonchev–Trinajstić information content (AvgIpc) is 3.49. The van der Waals surface area contributed by atoms with Crippen molar-refractivity contribution in [3.8, 4) is 5.75 Å². The van der Waals surface area contributed by atoms with Crippen LogP contribution in [0.15, 0.2) is 103 Å². The number of anilines is 1. The van der Waals surface area contributed by atoms with Gasteiger partial charge in [0.1, 0.15) is 17.2 Å². The van der Waals surface area contributed by atoms with Gasteiger partial charge in [-0.25, -0.2) is 0 Å². The Labute approximate surface area is 242 Å². The van der Waals surface area contributed by atoms with Crippen molar-refractivity contribution < 1.29 is 19.1 Å². The second-order valence-corrected chi connectivity index (χ2v) is 11.0. The predicted octanol–water partition coefficient (Wildman–Crippen LogP) is 6.33. The number of hydrogen-bond acceptors (Lipinski definition) is 5. The van der Waals surface area contributed by atoms with Crippen LogP contribution in [0.5, 0.6) is 5.75 Å². The molecule has 3 aliphatic heterocycles. The second-order valence-electron chi connectivity index (χ2n) is 10.5. The highest BCUT2D eigenvalue weighted by Gasteiger charge is 2.70. The molecule has 41 heavy (non-hydrogen) atoms. The van der Waals surface area contributed by atoms with Crippen LogP contribution in [-0.4, -0.2) is 35.5 Å². The number of para-hydroxylation sites is 1. The van der Waals surface area contributed by atoms with Crippen LogP contribution in [0.1, 0.15) is 43.4 Å². The molecule has 1 fully saturated rings. The summed E-state index contributed by atoms with van der Waals surface area (Å²) in [5.41, 5.74) is 2.64. The zero-order valence-corrected chi connectivity index (χ0v) is 22.8. The topological polar surface area (TPSA) is 75.7 Å². The van der Waals surface area contributed by atoms with Crippen molar-refractivity contribution in [2.24, 2.45) is 5.92 Å². The molecule has 3 aliphatic rings. The van der Waals surface area contributed by atoms with Crippen LogP contribution in [0, 0.1) is 5.92 Å². The third-order valence-electron chi connectivity index (χ3n) is 8.62. The molecule has 0 saturated carbocycles. The number of nitrogens with zero attached hydrogens (tertiary/aromatic N) is 1. The Balaban J connectivity index is 1.52. The third kappa shape index (κ3) is 3.60. The van der Waals surface area contributed by atoms with E-state index in [9.17, 15) is 14.4 Å². The van der Waals surface area contributed by atoms with E-state index in [0.717, 1.165) is 11.1 Å². The van der Waals surface area contributed by atoms with E-state index in [4.69, 9.17) is 16.3 Å². The molecule has 1 spiro atoms. The van der Waals surface area contributed by atoms with Crippen LogP contribution >= 0.6 is 11.6 Å². The maximum Gasteiger partial charge on any atom is 0.238 e. The molecule has 4 aromatic carbocycles. The Kier molecular flexibility index (Phi) is 5.84. The molecule has 0 aliphatic carbocycles.